The van der Waals surface area contributed by atoms with Crippen LogP contribution < -0.4 is 5.32 Å². The largest absolute Gasteiger partial charge is 0.349 e. The molecule has 3 rings (SSSR count). The van der Waals surface area contributed by atoms with Crippen LogP contribution >= 0.6 is 15.9 Å². The Morgan fingerprint density at radius 3 is 2.45 bits per heavy atom. The monoisotopic (exact) mass is 475 g/mol. The first kappa shape index (κ1) is 21.5. The Hall–Kier alpha value is -2.21. The van der Waals surface area contributed by atoms with Crippen LogP contribution in [0.1, 0.15) is 36.9 Å². The average molecular weight is 476 g/mol. The van der Waals surface area contributed by atoms with Gasteiger partial charge in [0.15, 0.2) is 0 Å². The molecule has 8 heteroatoms. The third-order valence-corrected chi connectivity index (χ3v) is 7.86. The lowest BCUT2D eigenvalue weighted by molar-refractivity contribution is -0.126. The molecule has 152 valence electrons. The normalized spacial score (nSPS) is 16.7. The van der Waals surface area contributed by atoms with Gasteiger partial charge in [-0.1, -0.05) is 46.3 Å². The third-order valence-electron chi connectivity index (χ3n) is 5.18. The van der Waals surface area contributed by atoms with Gasteiger partial charge in [0.1, 0.15) is 6.07 Å². The Morgan fingerprint density at radius 2 is 1.79 bits per heavy atom. The number of carbonyl (C=O) groups excluding carboxylic acids is 1. The van der Waals surface area contributed by atoms with Crippen LogP contribution in [0.25, 0.3) is 0 Å². The second-order valence-corrected chi connectivity index (χ2v) is 9.80. The maximum Gasteiger partial charge on any atom is 0.244 e. The molecule has 0 aliphatic carbocycles. The Bertz CT molecular complexity index is 1040. The summed E-state index contributed by atoms with van der Waals surface area (Å²) < 4.78 is 28.1. The molecule has 0 aromatic heterocycles. The predicted octanol–water partition coefficient (Wildman–Crippen LogP) is 3.60. The molecule has 1 aliphatic rings. The first-order chi connectivity index (χ1) is 13.8. The van der Waals surface area contributed by atoms with Gasteiger partial charge in [-0.25, -0.2) is 8.42 Å². The smallest absolute Gasteiger partial charge is 0.244 e. The van der Waals surface area contributed by atoms with Gasteiger partial charge in [0, 0.05) is 23.5 Å². The van der Waals surface area contributed by atoms with Crippen molar-refractivity contribution in [2.75, 3.05) is 13.1 Å². The van der Waals surface area contributed by atoms with Crippen LogP contribution in [0, 0.1) is 17.2 Å². The van der Waals surface area contributed by atoms with Crippen LogP contribution in [-0.2, 0) is 14.8 Å². The van der Waals surface area contributed by atoms with Crippen molar-refractivity contribution in [2.45, 2.75) is 30.7 Å². The summed E-state index contributed by atoms with van der Waals surface area (Å²) in [4.78, 5) is 12.7. The van der Waals surface area contributed by atoms with Crippen molar-refractivity contribution in [1.29, 1.82) is 5.26 Å². The molecule has 0 radical (unpaired) electrons. The summed E-state index contributed by atoms with van der Waals surface area (Å²) in [6.07, 6.45) is 0.894. The number of rotatable bonds is 5. The first-order valence-corrected chi connectivity index (χ1v) is 11.6. The summed E-state index contributed by atoms with van der Waals surface area (Å²) in [6, 6.07) is 15.7. The molecule has 1 fully saturated rings. The van der Waals surface area contributed by atoms with Crippen LogP contribution in [0.5, 0.6) is 0 Å². The number of carbonyl (C=O) groups is 1. The third kappa shape index (κ3) is 4.69. The molecule has 2 aromatic rings. The zero-order chi connectivity index (χ0) is 21.0. The van der Waals surface area contributed by atoms with E-state index in [0.717, 1.165) is 10.0 Å². The minimum atomic E-state index is -3.75. The second kappa shape index (κ2) is 9.08. The Kier molecular flexibility index (Phi) is 6.73. The zero-order valence-corrected chi connectivity index (χ0v) is 18.4. The van der Waals surface area contributed by atoms with Crippen molar-refractivity contribution in [3.8, 4) is 6.07 Å². The maximum absolute atomic E-state index is 12.9. The number of halogens is 1. The van der Waals surface area contributed by atoms with Gasteiger partial charge in [0.25, 0.3) is 0 Å². The van der Waals surface area contributed by atoms with Crippen molar-refractivity contribution in [3.63, 3.8) is 0 Å². The maximum atomic E-state index is 12.9. The lowest BCUT2D eigenvalue weighted by Gasteiger charge is -2.31. The van der Waals surface area contributed by atoms with E-state index in [9.17, 15) is 18.5 Å². The van der Waals surface area contributed by atoms with Gasteiger partial charge in [-0.15, -0.1) is 0 Å². The lowest BCUT2D eigenvalue weighted by Crippen LogP contribution is -2.43. The van der Waals surface area contributed by atoms with Crippen LogP contribution in [0.4, 0.5) is 0 Å². The molecule has 1 atom stereocenters. The molecule has 1 heterocycles. The topological polar surface area (TPSA) is 90.3 Å². The molecule has 0 spiro atoms. The molecule has 1 saturated heterocycles. The average Bonchev–Trinajstić information content (AvgIpc) is 2.74. The van der Waals surface area contributed by atoms with Gasteiger partial charge >= 0.3 is 0 Å². The number of nitrogens with one attached hydrogen (secondary N) is 1. The predicted molar refractivity (Wildman–Crippen MR) is 113 cm³/mol. The van der Waals surface area contributed by atoms with E-state index >= 15 is 0 Å². The second-order valence-electron chi connectivity index (χ2n) is 7.04. The summed E-state index contributed by atoms with van der Waals surface area (Å²) in [5.41, 5.74) is 1.13. The molecule has 6 nitrogen and oxygen atoms in total. The van der Waals surface area contributed by atoms with Crippen LogP contribution in [-0.4, -0.2) is 31.7 Å². The van der Waals surface area contributed by atoms with E-state index in [1.807, 2.05) is 37.3 Å². The van der Waals surface area contributed by atoms with E-state index in [-0.39, 0.29) is 41.4 Å². The zero-order valence-electron chi connectivity index (χ0n) is 16.0. The number of hydrogen-bond donors (Lipinski definition) is 1. The summed E-state index contributed by atoms with van der Waals surface area (Å²) in [6.45, 7) is 2.43. The van der Waals surface area contributed by atoms with Gasteiger partial charge in [-0.05, 0) is 43.5 Å². The van der Waals surface area contributed by atoms with Crippen molar-refractivity contribution in [2.24, 2.45) is 5.92 Å². The SMILES string of the molecule is CC(NC(=O)C1CCN(S(=O)(=O)c2ccccc2C#N)CC1)c1ccccc1Br. The highest BCUT2D eigenvalue weighted by Crippen LogP contribution is 2.27. The molecule has 2 aromatic carbocycles. The lowest BCUT2D eigenvalue weighted by atomic mass is 9.96. The minimum absolute atomic E-state index is 0.0213. The van der Waals surface area contributed by atoms with Crippen molar-refractivity contribution in [3.05, 3.63) is 64.1 Å². The highest BCUT2D eigenvalue weighted by Gasteiger charge is 2.33. The Balaban J connectivity index is 1.64. The number of amides is 1. The van der Waals surface area contributed by atoms with E-state index in [1.165, 1.54) is 16.4 Å². The van der Waals surface area contributed by atoms with E-state index < -0.39 is 10.0 Å². The molecular weight excluding hydrogens is 454 g/mol. The van der Waals surface area contributed by atoms with Gasteiger partial charge in [-0.3, -0.25) is 4.79 Å². The van der Waals surface area contributed by atoms with Crippen LogP contribution in [0.3, 0.4) is 0 Å². The minimum Gasteiger partial charge on any atom is -0.349 e. The first-order valence-electron chi connectivity index (χ1n) is 9.38. The Morgan fingerprint density at radius 1 is 1.17 bits per heavy atom. The molecule has 0 bridgehead atoms. The number of piperidine rings is 1. The number of nitriles is 1. The van der Waals surface area contributed by atoms with Crippen molar-refractivity contribution in [1.82, 2.24) is 9.62 Å². The quantitative estimate of drug-likeness (QED) is 0.714. The molecule has 0 saturated carbocycles. The summed E-state index contributed by atoms with van der Waals surface area (Å²) in [5, 5.41) is 12.2. The van der Waals surface area contributed by atoms with Gasteiger partial charge < -0.3 is 5.32 Å². The number of hydrogen-bond acceptors (Lipinski definition) is 4. The van der Waals surface area contributed by atoms with E-state index in [2.05, 4.69) is 21.2 Å². The molecule has 1 amide bonds. The fourth-order valence-corrected chi connectivity index (χ4v) is 5.76. The molecular formula is C21H22BrN3O3S. The molecule has 29 heavy (non-hydrogen) atoms. The van der Waals surface area contributed by atoms with Crippen LogP contribution in [0.15, 0.2) is 57.9 Å². The fourth-order valence-electron chi connectivity index (χ4n) is 3.52. The number of benzene rings is 2. The highest BCUT2D eigenvalue weighted by molar-refractivity contribution is 9.10. The standard InChI is InChI=1S/C21H22BrN3O3S/c1-15(18-7-3-4-8-19(18)22)24-21(26)16-10-12-25(13-11-16)29(27,28)20-9-5-2-6-17(20)14-23/h2-9,15-16H,10-13H2,1H3,(H,24,26). The molecule has 1 unspecified atom stereocenters. The van der Waals surface area contributed by atoms with E-state index in [4.69, 9.17) is 0 Å². The van der Waals surface area contributed by atoms with Crippen LogP contribution in [0.2, 0.25) is 0 Å². The summed E-state index contributed by atoms with van der Waals surface area (Å²) in [7, 11) is -3.75. The molecule has 1 aliphatic heterocycles. The highest BCUT2D eigenvalue weighted by atomic mass is 79.9. The van der Waals surface area contributed by atoms with Crippen molar-refractivity contribution >= 4 is 31.9 Å². The number of nitrogens with zero attached hydrogens (tertiary/aromatic N) is 2. The Labute approximate surface area is 179 Å². The fraction of sp³-hybridized carbons (Fsp3) is 0.333. The molecule has 1 N–H and O–H groups in total. The number of sulfonamides is 1. The van der Waals surface area contributed by atoms with E-state index in [1.54, 1.807) is 12.1 Å². The van der Waals surface area contributed by atoms with Gasteiger partial charge in [0.2, 0.25) is 15.9 Å². The van der Waals surface area contributed by atoms with Gasteiger partial charge in [0.05, 0.1) is 16.5 Å². The van der Waals surface area contributed by atoms with E-state index in [0.29, 0.717) is 12.8 Å². The van der Waals surface area contributed by atoms with Crippen molar-refractivity contribution < 1.29 is 13.2 Å². The summed E-state index contributed by atoms with van der Waals surface area (Å²) >= 11 is 3.50. The van der Waals surface area contributed by atoms with Gasteiger partial charge in [-0.2, -0.15) is 9.57 Å². The summed E-state index contributed by atoms with van der Waals surface area (Å²) in [5.74, 6) is -0.305.